The van der Waals surface area contributed by atoms with E-state index >= 15 is 0 Å². The maximum Gasteiger partial charge on any atom is 0.0865 e. The minimum absolute atomic E-state index is 0. The van der Waals surface area contributed by atoms with Gasteiger partial charge in [0.25, 0.3) is 0 Å². The van der Waals surface area contributed by atoms with Crippen LogP contribution in [0, 0.1) is 29.3 Å². The van der Waals surface area contributed by atoms with E-state index in [2.05, 4.69) is 0 Å². The molecule has 0 aliphatic rings. The Morgan fingerprint density at radius 2 is 1.55 bits per heavy atom. The zero-order valence-electron chi connectivity index (χ0n) is 4.92. The molecule has 0 aromatic heterocycles. The van der Waals surface area contributed by atoms with Crippen LogP contribution in [0.2, 0.25) is 0 Å². The van der Waals surface area contributed by atoms with E-state index in [9.17, 15) is 17.6 Å². The quantitative estimate of drug-likeness (QED) is 0.265. The Morgan fingerprint density at radius 3 is 2.00 bits per heavy atom. The van der Waals surface area contributed by atoms with Crippen molar-refractivity contribution in [2.24, 2.45) is 0 Å². The first kappa shape index (κ1) is 10.4. The van der Waals surface area contributed by atoms with Gasteiger partial charge < -0.3 is 0 Å². The molecule has 0 N–H and O–H groups in total. The molecule has 0 fully saturated rings. The van der Waals surface area contributed by atoms with Crippen LogP contribution in [0.3, 0.4) is 0 Å². The summed E-state index contributed by atoms with van der Waals surface area (Å²) in [6, 6.07) is 1.95. The molecule has 63 valence electrons. The fourth-order valence-electron chi connectivity index (χ4n) is 0.455. The molecule has 0 atom stereocenters. The molecule has 1 radical (unpaired) electrons. The molecule has 0 saturated heterocycles. The van der Waals surface area contributed by atoms with Gasteiger partial charge in [-0.15, -0.1) is 12.1 Å². The van der Waals surface area contributed by atoms with Gasteiger partial charge in [-0.2, -0.15) is 0 Å². The summed E-state index contributed by atoms with van der Waals surface area (Å²) in [4.78, 5) is 0. The maximum absolute atomic E-state index is 12.0. The summed E-state index contributed by atoms with van der Waals surface area (Å²) in [5.41, 5.74) is 0. The van der Waals surface area contributed by atoms with Crippen molar-refractivity contribution in [3.05, 3.63) is 35.4 Å². The largest absolute Gasteiger partial charge is 0.281 e. The smallest absolute Gasteiger partial charge is 0.0865 e. The van der Waals surface area contributed by atoms with Crippen molar-refractivity contribution in [3.63, 3.8) is 0 Å². The number of hydrogen-bond acceptors (Lipinski definition) is 0. The Kier molecular flexibility index (Phi) is 3.54. The Hall–Kier alpha value is -0.554. The van der Waals surface area contributed by atoms with Crippen molar-refractivity contribution in [1.82, 2.24) is 0 Å². The summed E-state index contributed by atoms with van der Waals surface area (Å²) in [7, 11) is 0. The standard InChI is InChI=1S/C6HF4.Co/c7-3-1-2-4(8)6(10)5(3)9;/h1H;/q-1;. The van der Waals surface area contributed by atoms with E-state index in [4.69, 9.17) is 0 Å². The molecule has 0 aliphatic heterocycles. The summed E-state index contributed by atoms with van der Waals surface area (Å²) < 4.78 is 47.8. The van der Waals surface area contributed by atoms with E-state index in [-0.39, 0.29) is 16.8 Å². The molecule has 0 spiro atoms. The number of hydrogen-bond donors (Lipinski definition) is 0. The molecular formula is C6HCoF4-. The average molecular weight is 208 g/mol. The Labute approximate surface area is 70.4 Å². The fraction of sp³-hybridized carbons (Fsp3) is 0. The first-order chi connectivity index (χ1) is 4.63. The van der Waals surface area contributed by atoms with Gasteiger partial charge in [0.2, 0.25) is 0 Å². The first-order valence-corrected chi connectivity index (χ1v) is 2.33. The predicted octanol–water partition coefficient (Wildman–Crippen LogP) is 2.04. The minimum Gasteiger partial charge on any atom is -0.281 e. The summed E-state index contributed by atoms with van der Waals surface area (Å²) in [5, 5.41) is 0. The van der Waals surface area contributed by atoms with Crippen LogP contribution in [0.4, 0.5) is 17.6 Å². The Balaban J connectivity index is 0.000001000. The molecule has 0 nitrogen and oxygen atoms in total. The van der Waals surface area contributed by atoms with E-state index in [0.29, 0.717) is 6.07 Å². The van der Waals surface area contributed by atoms with E-state index in [1.165, 1.54) is 0 Å². The van der Waals surface area contributed by atoms with Crippen molar-refractivity contribution >= 4 is 0 Å². The van der Waals surface area contributed by atoms with Crippen molar-refractivity contribution in [2.45, 2.75) is 0 Å². The van der Waals surface area contributed by atoms with Crippen LogP contribution in [-0.4, -0.2) is 0 Å². The summed E-state index contributed by atoms with van der Waals surface area (Å²) in [6.45, 7) is 0. The third-order valence-corrected chi connectivity index (χ3v) is 0.921. The van der Waals surface area contributed by atoms with Gasteiger partial charge in [0.1, 0.15) is 0 Å². The van der Waals surface area contributed by atoms with Crippen molar-refractivity contribution in [3.8, 4) is 0 Å². The molecule has 0 amide bonds. The molecule has 0 saturated carbocycles. The molecule has 0 bridgehead atoms. The molecule has 0 heterocycles. The molecule has 1 aromatic rings. The topological polar surface area (TPSA) is 0 Å². The molecule has 0 aliphatic carbocycles. The second-order valence-electron chi connectivity index (χ2n) is 1.58. The van der Waals surface area contributed by atoms with Gasteiger partial charge in [0.05, 0.1) is 11.6 Å². The monoisotopic (exact) mass is 208 g/mol. The molecule has 1 rings (SSSR count). The second-order valence-corrected chi connectivity index (χ2v) is 1.58. The van der Waals surface area contributed by atoms with Crippen LogP contribution >= 0.6 is 0 Å². The third kappa shape index (κ3) is 1.94. The second kappa shape index (κ2) is 3.73. The zero-order chi connectivity index (χ0) is 7.72. The van der Waals surface area contributed by atoms with E-state index in [1.54, 1.807) is 6.07 Å². The van der Waals surface area contributed by atoms with Crippen LogP contribution in [0.1, 0.15) is 0 Å². The van der Waals surface area contributed by atoms with Gasteiger partial charge >= 0.3 is 0 Å². The van der Waals surface area contributed by atoms with E-state index in [1.807, 2.05) is 0 Å². The third-order valence-electron chi connectivity index (χ3n) is 0.921. The van der Waals surface area contributed by atoms with E-state index < -0.39 is 23.3 Å². The van der Waals surface area contributed by atoms with Gasteiger partial charge in [-0.25, -0.2) is 8.78 Å². The molecule has 5 heteroatoms. The predicted molar refractivity (Wildman–Crippen MR) is 25.1 cm³/mol. The minimum atomic E-state index is -1.83. The van der Waals surface area contributed by atoms with Gasteiger partial charge in [-0.05, 0) is 0 Å². The van der Waals surface area contributed by atoms with Crippen molar-refractivity contribution in [2.75, 3.05) is 0 Å². The van der Waals surface area contributed by atoms with Gasteiger partial charge in [0, 0.05) is 28.4 Å². The summed E-state index contributed by atoms with van der Waals surface area (Å²) in [6.07, 6.45) is 0. The Bertz CT molecular complexity index is 234. The summed E-state index contributed by atoms with van der Waals surface area (Å²) in [5.74, 6) is -6.60. The van der Waals surface area contributed by atoms with Crippen LogP contribution in [0.5, 0.6) is 0 Å². The Morgan fingerprint density at radius 1 is 1.00 bits per heavy atom. The fourth-order valence-corrected chi connectivity index (χ4v) is 0.455. The normalized spacial score (nSPS) is 9.09. The maximum atomic E-state index is 12.0. The molecular weight excluding hydrogens is 207 g/mol. The van der Waals surface area contributed by atoms with Crippen LogP contribution in [0.15, 0.2) is 6.07 Å². The van der Waals surface area contributed by atoms with Gasteiger partial charge in [-0.3, -0.25) is 8.78 Å². The van der Waals surface area contributed by atoms with Gasteiger partial charge in [-0.1, -0.05) is 0 Å². The number of benzene rings is 1. The zero-order valence-corrected chi connectivity index (χ0v) is 5.96. The summed E-state index contributed by atoms with van der Waals surface area (Å²) >= 11 is 0. The first-order valence-electron chi connectivity index (χ1n) is 2.33. The van der Waals surface area contributed by atoms with Crippen LogP contribution < -0.4 is 0 Å². The number of rotatable bonds is 0. The van der Waals surface area contributed by atoms with Crippen molar-refractivity contribution < 1.29 is 34.3 Å². The molecule has 0 unspecified atom stereocenters. The van der Waals surface area contributed by atoms with Crippen molar-refractivity contribution in [1.29, 1.82) is 0 Å². The van der Waals surface area contributed by atoms with E-state index in [0.717, 1.165) is 0 Å². The van der Waals surface area contributed by atoms with Gasteiger partial charge in [0.15, 0.2) is 0 Å². The average Bonchev–Trinajstić information content (AvgIpc) is 1.93. The number of halogens is 4. The molecule has 1 aromatic carbocycles. The van der Waals surface area contributed by atoms with Crippen LogP contribution in [0.25, 0.3) is 0 Å². The SMILES string of the molecule is Fc1[c-]cc(F)c(F)c1F.[Co]. The molecule has 11 heavy (non-hydrogen) atoms. The van der Waals surface area contributed by atoms with Crippen LogP contribution in [-0.2, 0) is 16.8 Å².